The Morgan fingerprint density at radius 1 is 1.37 bits per heavy atom. The van der Waals surface area contributed by atoms with E-state index in [1.54, 1.807) is 0 Å². The monoisotopic (exact) mass is 297 g/mol. The Morgan fingerprint density at radius 3 is 2.74 bits per heavy atom. The lowest BCUT2D eigenvalue weighted by Crippen LogP contribution is -2.12. The number of carbonyl (C=O) groups excluding carboxylic acids is 1. The predicted octanol–water partition coefficient (Wildman–Crippen LogP) is 2.78. The van der Waals surface area contributed by atoms with Crippen molar-refractivity contribution >= 4 is 34.0 Å². The number of alkyl halides is 1. The van der Waals surface area contributed by atoms with Crippen LogP contribution in [-0.2, 0) is 4.79 Å². The summed E-state index contributed by atoms with van der Waals surface area (Å²) in [6, 6.07) is 7.55. The molecule has 1 N–H and O–H groups in total. The van der Waals surface area contributed by atoms with Gasteiger partial charge in [-0.05, 0) is 31.2 Å². The molecule has 1 heterocycles. The van der Waals surface area contributed by atoms with E-state index in [0.717, 1.165) is 16.3 Å². The number of ether oxygens (including phenoxy) is 1. The van der Waals surface area contributed by atoms with Gasteiger partial charge in [0.2, 0.25) is 11.0 Å². The van der Waals surface area contributed by atoms with Crippen molar-refractivity contribution in [2.45, 2.75) is 6.92 Å². The molecule has 100 valence electrons. The zero-order valence-corrected chi connectivity index (χ0v) is 11.8. The van der Waals surface area contributed by atoms with E-state index in [1.165, 1.54) is 11.3 Å². The number of benzene rings is 1. The summed E-state index contributed by atoms with van der Waals surface area (Å²) in [5.74, 6) is 0.417. The zero-order chi connectivity index (χ0) is 13.7. The molecule has 2 aromatic rings. The van der Waals surface area contributed by atoms with E-state index in [-0.39, 0.29) is 11.8 Å². The van der Waals surface area contributed by atoms with E-state index in [0.29, 0.717) is 11.7 Å². The predicted molar refractivity (Wildman–Crippen MR) is 75.9 cm³/mol. The van der Waals surface area contributed by atoms with Crippen LogP contribution in [0.5, 0.6) is 5.75 Å². The smallest absolute Gasteiger partial charge is 0.241 e. The lowest BCUT2D eigenvalue weighted by Gasteiger charge is -2.02. The Morgan fingerprint density at radius 2 is 2.11 bits per heavy atom. The summed E-state index contributed by atoms with van der Waals surface area (Å²) in [5.41, 5.74) is 0.923. The number of nitrogens with zero attached hydrogens (tertiary/aromatic N) is 2. The van der Waals surface area contributed by atoms with Gasteiger partial charge in [-0.25, -0.2) is 0 Å². The molecule has 1 amide bonds. The van der Waals surface area contributed by atoms with Crippen molar-refractivity contribution in [1.82, 2.24) is 10.2 Å². The Balaban J connectivity index is 2.11. The van der Waals surface area contributed by atoms with Crippen LogP contribution in [-0.4, -0.2) is 28.6 Å². The molecule has 7 heteroatoms. The highest BCUT2D eigenvalue weighted by molar-refractivity contribution is 7.18. The normalized spacial score (nSPS) is 10.2. The van der Waals surface area contributed by atoms with E-state index in [9.17, 15) is 4.79 Å². The van der Waals surface area contributed by atoms with Crippen LogP contribution in [0.2, 0.25) is 0 Å². The summed E-state index contributed by atoms with van der Waals surface area (Å²) in [5, 5.41) is 11.6. The second-order valence-corrected chi connectivity index (χ2v) is 4.80. The molecule has 0 aliphatic rings. The number of rotatable bonds is 5. The number of amides is 1. The molecule has 0 aliphatic heterocycles. The van der Waals surface area contributed by atoms with Crippen LogP contribution >= 0.6 is 22.9 Å². The second-order valence-electron chi connectivity index (χ2n) is 3.55. The Hall–Kier alpha value is -1.66. The molecule has 0 unspecified atom stereocenters. The molecule has 0 aliphatic carbocycles. The number of carbonyl (C=O) groups is 1. The number of hydrogen-bond donors (Lipinski definition) is 1. The van der Waals surface area contributed by atoms with E-state index in [1.807, 2.05) is 31.2 Å². The SMILES string of the molecule is CCOc1ccc(-c2nnc(NC(=O)CCl)s2)cc1. The molecule has 1 aromatic heterocycles. The highest BCUT2D eigenvalue weighted by Crippen LogP contribution is 2.27. The quantitative estimate of drug-likeness (QED) is 0.862. The standard InChI is InChI=1S/C12H12ClN3O2S/c1-2-18-9-5-3-8(4-6-9)11-15-16-12(19-11)14-10(17)7-13/h3-6H,2,7H2,1H3,(H,14,16,17). The molecule has 0 fully saturated rings. The summed E-state index contributed by atoms with van der Waals surface area (Å²) < 4.78 is 5.36. The van der Waals surface area contributed by atoms with Gasteiger partial charge in [-0.1, -0.05) is 11.3 Å². The van der Waals surface area contributed by atoms with Gasteiger partial charge in [0, 0.05) is 5.56 Å². The molecule has 1 aromatic carbocycles. The van der Waals surface area contributed by atoms with Gasteiger partial charge in [0.25, 0.3) is 0 Å². The fraction of sp³-hybridized carbons (Fsp3) is 0.250. The molecule has 0 bridgehead atoms. The van der Waals surface area contributed by atoms with Gasteiger partial charge in [-0.15, -0.1) is 21.8 Å². The van der Waals surface area contributed by atoms with Crippen LogP contribution in [0, 0.1) is 0 Å². The van der Waals surface area contributed by atoms with Crippen molar-refractivity contribution in [1.29, 1.82) is 0 Å². The van der Waals surface area contributed by atoms with Gasteiger partial charge < -0.3 is 4.74 Å². The van der Waals surface area contributed by atoms with Crippen LogP contribution in [0.1, 0.15) is 6.92 Å². The first-order valence-corrected chi connectivity index (χ1v) is 7.00. The van der Waals surface area contributed by atoms with Crippen molar-refractivity contribution in [3.05, 3.63) is 24.3 Å². The first-order chi connectivity index (χ1) is 9.22. The summed E-state index contributed by atoms with van der Waals surface area (Å²) in [6.07, 6.45) is 0. The van der Waals surface area contributed by atoms with Crippen LogP contribution < -0.4 is 10.1 Å². The number of hydrogen-bond acceptors (Lipinski definition) is 5. The summed E-state index contributed by atoms with van der Waals surface area (Å²) in [4.78, 5) is 11.1. The summed E-state index contributed by atoms with van der Waals surface area (Å²) in [6.45, 7) is 2.57. The van der Waals surface area contributed by atoms with Crippen molar-refractivity contribution in [3.63, 3.8) is 0 Å². The molecule has 5 nitrogen and oxygen atoms in total. The van der Waals surface area contributed by atoms with Gasteiger partial charge in [0.15, 0.2) is 0 Å². The van der Waals surface area contributed by atoms with Gasteiger partial charge in [0.1, 0.15) is 16.6 Å². The molecule has 2 rings (SSSR count). The Bertz CT molecular complexity index is 556. The average Bonchev–Trinajstić information content (AvgIpc) is 2.88. The molecule has 0 radical (unpaired) electrons. The average molecular weight is 298 g/mol. The van der Waals surface area contributed by atoms with Crippen LogP contribution in [0.4, 0.5) is 5.13 Å². The lowest BCUT2D eigenvalue weighted by molar-refractivity contribution is -0.113. The fourth-order valence-corrected chi connectivity index (χ4v) is 2.24. The topological polar surface area (TPSA) is 64.1 Å². The number of anilines is 1. The summed E-state index contributed by atoms with van der Waals surface area (Å²) >= 11 is 6.70. The van der Waals surface area contributed by atoms with E-state index < -0.39 is 0 Å². The molecule has 0 atom stereocenters. The van der Waals surface area contributed by atoms with E-state index in [2.05, 4.69) is 15.5 Å². The number of nitrogens with one attached hydrogen (secondary N) is 1. The molecule has 19 heavy (non-hydrogen) atoms. The third-order valence-electron chi connectivity index (χ3n) is 2.20. The minimum Gasteiger partial charge on any atom is -0.494 e. The van der Waals surface area contributed by atoms with Gasteiger partial charge in [-0.2, -0.15) is 0 Å². The third-order valence-corrected chi connectivity index (χ3v) is 3.34. The Labute approximate surface area is 119 Å². The van der Waals surface area contributed by atoms with Crippen molar-refractivity contribution in [3.8, 4) is 16.3 Å². The maximum atomic E-state index is 11.1. The largest absolute Gasteiger partial charge is 0.494 e. The second kappa shape index (κ2) is 6.49. The van der Waals surface area contributed by atoms with Gasteiger partial charge in [-0.3, -0.25) is 10.1 Å². The number of aromatic nitrogens is 2. The molecule has 0 saturated carbocycles. The first kappa shape index (κ1) is 13.8. The molecule has 0 spiro atoms. The highest BCUT2D eigenvalue weighted by atomic mass is 35.5. The van der Waals surface area contributed by atoms with Gasteiger partial charge >= 0.3 is 0 Å². The van der Waals surface area contributed by atoms with Crippen molar-refractivity contribution in [2.24, 2.45) is 0 Å². The lowest BCUT2D eigenvalue weighted by atomic mass is 10.2. The maximum Gasteiger partial charge on any atom is 0.241 e. The minimum atomic E-state index is -0.295. The van der Waals surface area contributed by atoms with Crippen LogP contribution in [0.15, 0.2) is 24.3 Å². The van der Waals surface area contributed by atoms with Crippen molar-refractivity contribution in [2.75, 3.05) is 17.8 Å². The zero-order valence-electron chi connectivity index (χ0n) is 10.2. The minimum absolute atomic E-state index is 0.0992. The molecular weight excluding hydrogens is 286 g/mol. The van der Waals surface area contributed by atoms with Gasteiger partial charge in [0.05, 0.1) is 6.61 Å². The third kappa shape index (κ3) is 3.65. The van der Waals surface area contributed by atoms with Crippen LogP contribution in [0.25, 0.3) is 10.6 Å². The Kier molecular flexibility index (Phi) is 4.70. The molecule has 0 saturated heterocycles. The van der Waals surface area contributed by atoms with Crippen molar-refractivity contribution < 1.29 is 9.53 Å². The molecular formula is C12H12ClN3O2S. The summed E-state index contributed by atoms with van der Waals surface area (Å²) in [7, 11) is 0. The van der Waals surface area contributed by atoms with E-state index >= 15 is 0 Å². The fourth-order valence-electron chi connectivity index (χ4n) is 1.40. The first-order valence-electron chi connectivity index (χ1n) is 5.65. The van der Waals surface area contributed by atoms with Crippen LogP contribution in [0.3, 0.4) is 0 Å². The maximum absolute atomic E-state index is 11.1. The van der Waals surface area contributed by atoms with E-state index in [4.69, 9.17) is 16.3 Å². The number of halogens is 1. The highest BCUT2D eigenvalue weighted by Gasteiger charge is 2.09.